The minimum atomic E-state index is 0.389. The lowest BCUT2D eigenvalue weighted by Gasteiger charge is -2.07. The first-order valence-corrected chi connectivity index (χ1v) is 3.94. The van der Waals surface area contributed by atoms with Gasteiger partial charge in [0.05, 0.1) is 22.8 Å². The molecule has 0 aliphatic carbocycles. The zero-order valence-corrected chi connectivity index (χ0v) is 7.91. The fourth-order valence-corrected chi connectivity index (χ4v) is 1.16. The number of rotatable bonds is 2. The molecule has 0 bridgehead atoms. The predicted octanol–water partition coefficient (Wildman–Crippen LogP) is 2.29. The Hall–Kier alpha value is -0.640. The quantitative estimate of drug-likeness (QED) is 0.577. The van der Waals surface area contributed by atoms with Crippen LogP contribution in [0.4, 0.5) is 5.69 Å². The standard InChI is InChI=1S/C7H8Cl2N2O/c1-12-4-2-5(8)7(9)6(3-4)11-10/h2-3,11H,10H2,1H3. The largest absolute Gasteiger partial charge is 0.497 e. The van der Waals surface area contributed by atoms with Crippen molar-refractivity contribution < 1.29 is 4.74 Å². The Kier molecular flexibility index (Phi) is 3.03. The second kappa shape index (κ2) is 3.85. The van der Waals surface area contributed by atoms with Crippen molar-refractivity contribution in [3.63, 3.8) is 0 Å². The van der Waals surface area contributed by atoms with Gasteiger partial charge in [-0.05, 0) is 0 Å². The summed E-state index contributed by atoms with van der Waals surface area (Å²) in [5.74, 6) is 5.80. The topological polar surface area (TPSA) is 47.3 Å². The van der Waals surface area contributed by atoms with Gasteiger partial charge in [-0.3, -0.25) is 5.84 Å². The number of anilines is 1. The second-order valence-electron chi connectivity index (χ2n) is 2.12. The van der Waals surface area contributed by atoms with E-state index in [4.69, 9.17) is 33.8 Å². The highest BCUT2D eigenvalue weighted by atomic mass is 35.5. The van der Waals surface area contributed by atoms with Gasteiger partial charge in [-0.1, -0.05) is 23.2 Å². The highest BCUT2D eigenvalue weighted by Gasteiger charge is 2.06. The molecule has 1 aromatic carbocycles. The molecule has 3 nitrogen and oxygen atoms in total. The van der Waals surface area contributed by atoms with E-state index >= 15 is 0 Å². The molecule has 0 atom stereocenters. The van der Waals surface area contributed by atoms with Gasteiger partial charge >= 0.3 is 0 Å². The van der Waals surface area contributed by atoms with E-state index in [9.17, 15) is 0 Å². The lowest BCUT2D eigenvalue weighted by molar-refractivity contribution is 0.415. The van der Waals surface area contributed by atoms with Gasteiger partial charge in [0.1, 0.15) is 5.75 Å². The molecule has 0 aliphatic heterocycles. The molecule has 0 aliphatic rings. The van der Waals surface area contributed by atoms with Crippen molar-refractivity contribution in [2.75, 3.05) is 12.5 Å². The van der Waals surface area contributed by atoms with Crippen molar-refractivity contribution in [2.45, 2.75) is 0 Å². The first kappa shape index (κ1) is 9.45. The number of hydrazine groups is 1. The smallest absolute Gasteiger partial charge is 0.122 e. The van der Waals surface area contributed by atoms with E-state index in [1.807, 2.05) is 0 Å². The summed E-state index contributed by atoms with van der Waals surface area (Å²) in [4.78, 5) is 0. The van der Waals surface area contributed by atoms with Crippen LogP contribution in [-0.4, -0.2) is 7.11 Å². The normalized spacial score (nSPS) is 9.67. The number of nitrogen functional groups attached to an aromatic ring is 1. The van der Waals surface area contributed by atoms with Crippen LogP contribution in [0, 0.1) is 0 Å². The lowest BCUT2D eigenvalue weighted by atomic mass is 10.3. The van der Waals surface area contributed by atoms with Crippen LogP contribution in [0.25, 0.3) is 0 Å². The molecule has 0 amide bonds. The first-order valence-electron chi connectivity index (χ1n) is 3.18. The van der Waals surface area contributed by atoms with Crippen LogP contribution >= 0.6 is 23.2 Å². The van der Waals surface area contributed by atoms with Crippen LogP contribution in [0.5, 0.6) is 5.75 Å². The van der Waals surface area contributed by atoms with Crippen molar-refractivity contribution >= 4 is 28.9 Å². The van der Waals surface area contributed by atoms with E-state index in [0.717, 1.165) is 0 Å². The Bertz CT molecular complexity index is 291. The molecule has 66 valence electrons. The average molecular weight is 207 g/mol. The third-order valence-corrected chi connectivity index (χ3v) is 2.19. The highest BCUT2D eigenvalue weighted by Crippen LogP contribution is 2.33. The molecular weight excluding hydrogens is 199 g/mol. The molecule has 0 saturated carbocycles. The summed E-state index contributed by atoms with van der Waals surface area (Å²) < 4.78 is 4.95. The molecule has 0 heterocycles. The SMILES string of the molecule is COc1cc(Cl)c(Cl)c(NN)c1. The molecule has 0 fully saturated rings. The van der Waals surface area contributed by atoms with Gasteiger partial charge in [0.2, 0.25) is 0 Å². The summed E-state index contributed by atoms with van der Waals surface area (Å²) in [5.41, 5.74) is 2.96. The van der Waals surface area contributed by atoms with E-state index in [-0.39, 0.29) is 0 Å². The molecule has 1 rings (SSSR count). The van der Waals surface area contributed by atoms with Crippen LogP contribution in [0.2, 0.25) is 10.0 Å². The Morgan fingerprint density at radius 3 is 2.58 bits per heavy atom. The summed E-state index contributed by atoms with van der Waals surface area (Å²) in [6.45, 7) is 0. The third kappa shape index (κ3) is 1.75. The molecule has 0 saturated heterocycles. The van der Waals surface area contributed by atoms with Crippen molar-refractivity contribution in [1.29, 1.82) is 0 Å². The third-order valence-electron chi connectivity index (χ3n) is 1.39. The minimum absolute atomic E-state index is 0.389. The van der Waals surface area contributed by atoms with Crippen LogP contribution in [0.15, 0.2) is 12.1 Å². The number of hydrogen-bond acceptors (Lipinski definition) is 3. The molecular formula is C7H8Cl2N2O. The zero-order valence-electron chi connectivity index (χ0n) is 6.40. The number of ether oxygens (including phenoxy) is 1. The zero-order chi connectivity index (χ0) is 9.14. The number of halogens is 2. The van der Waals surface area contributed by atoms with Gasteiger partial charge in [-0.2, -0.15) is 0 Å². The fourth-order valence-electron chi connectivity index (χ4n) is 0.787. The van der Waals surface area contributed by atoms with E-state index in [1.54, 1.807) is 19.2 Å². The maximum atomic E-state index is 5.79. The number of nitrogens with one attached hydrogen (secondary N) is 1. The Balaban J connectivity index is 3.19. The number of nitrogens with two attached hydrogens (primary N) is 1. The van der Waals surface area contributed by atoms with Gasteiger partial charge in [0, 0.05) is 12.1 Å². The fraction of sp³-hybridized carbons (Fsp3) is 0.143. The van der Waals surface area contributed by atoms with Crippen molar-refractivity contribution in [2.24, 2.45) is 5.84 Å². The van der Waals surface area contributed by atoms with Crippen LogP contribution < -0.4 is 16.0 Å². The molecule has 5 heteroatoms. The van der Waals surface area contributed by atoms with Crippen LogP contribution in [0.1, 0.15) is 0 Å². The molecule has 0 aromatic heterocycles. The first-order chi connectivity index (χ1) is 5.69. The molecule has 3 N–H and O–H groups in total. The summed E-state index contributed by atoms with van der Waals surface area (Å²) in [5, 5.41) is 0.795. The van der Waals surface area contributed by atoms with E-state index in [0.29, 0.717) is 21.5 Å². The monoisotopic (exact) mass is 206 g/mol. The van der Waals surface area contributed by atoms with Crippen LogP contribution in [-0.2, 0) is 0 Å². The Labute approximate surface area is 80.4 Å². The maximum absolute atomic E-state index is 5.79. The Morgan fingerprint density at radius 1 is 1.42 bits per heavy atom. The summed E-state index contributed by atoms with van der Waals surface area (Å²) in [6, 6.07) is 3.28. The summed E-state index contributed by atoms with van der Waals surface area (Å²) >= 11 is 11.6. The van der Waals surface area contributed by atoms with E-state index in [1.165, 1.54) is 0 Å². The molecule has 12 heavy (non-hydrogen) atoms. The van der Waals surface area contributed by atoms with Gasteiger partial charge in [0.15, 0.2) is 0 Å². The van der Waals surface area contributed by atoms with E-state index in [2.05, 4.69) is 5.43 Å². The van der Waals surface area contributed by atoms with Crippen molar-refractivity contribution in [3.05, 3.63) is 22.2 Å². The van der Waals surface area contributed by atoms with Crippen molar-refractivity contribution in [1.82, 2.24) is 0 Å². The lowest BCUT2D eigenvalue weighted by Crippen LogP contribution is -2.07. The van der Waals surface area contributed by atoms with Crippen molar-refractivity contribution in [3.8, 4) is 5.75 Å². The molecule has 0 spiro atoms. The summed E-state index contributed by atoms with van der Waals surface area (Å²) in [7, 11) is 1.54. The average Bonchev–Trinajstić information content (AvgIpc) is 2.09. The predicted molar refractivity (Wildman–Crippen MR) is 50.8 cm³/mol. The molecule has 0 unspecified atom stereocenters. The summed E-state index contributed by atoms with van der Waals surface area (Å²) in [6.07, 6.45) is 0. The number of methoxy groups -OCH3 is 1. The highest BCUT2D eigenvalue weighted by molar-refractivity contribution is 6.43. The van der Waals surface area contributed by atoms with Gasteiger partial charge < -0.3 is 10.2 Å². The number of hydrogen-bond donors (Lipinski definition) is 2. The van der Waals surface area contributed by atoms with E-state index < -0.39 is 0 Å². The van der Waals surface area contributed by atoms with Gasteiger partial charge in [0.25, 0.3) is 0 Å². The second-order valence-corrected chi connectivity index (χ2v) is 2.90. The van der Waals surface area contributed by atoms with Gasteiger partial charge in [-0.25, -0.2) is 0 Å². The maximum Gasteiger partial charge on any atom is 0.122 e. The number of benzene rings is 1. The van der Waals surface area contributed by atoms with Crippen LogP contribution in [0.3, 0.4) is 0 Å². The molecule has 0 radical (unpaired) electrons. The Morgan fingerprint density at radius 2 is 2.08 bits per heavy atom. The van der Waals surface area contributed by atoms with Gasteiger partial charge in [-0.15, -0.1) is 0 Å². The molecule has 1 aromatic rings. The minimum Gasteiger partial charge on any atom is -0.497 e.